The number of carbonyl (C=O) groups excluding carboxylic acids is 1. The van der Waals surface area contributed by atoms with Crippen LogP contribution in [0.1, 0.15) is 32.6 Å². The van der Waals surface area contributed by atoms with E-state index in [1.807, 2.05) is 6.92 Å². The molecule has 0 atom stereocenters. The third-order valence-electron chi connectivity index (χ3n) is 2.74. The largest absolute Gasteiger partial charge is 0.378 e. The molecule has 80 valence electrons. The Bertz CT molecular complexity index is 210. The lowest BCUT2D eigenvalue weighted by atomic mass is 9.89. The molecule has 2 fully saturated rings. The summed E-state index contributed by atoms with van der Waals surface area (Å²) in [5, 5.41) is 5.85. The number of rotatable bonds is 4. The molecule has 0 spiro atoms. The van der Waals surface area contributed by atoms with E-state index >= 15 is 0 Å². The molecule has 2 rings (SSSR count). The van der Waals surface area contributed by atoms with Crippen molar-refractivity contribution in [1.29, 1.82) is 0 Å². The molecule has 2 amide bonds. The molecule has 2 aliphatic carbocycles. The van der Waals surface area contributed by atoms with Crippen LogP contribution in [0.4, 0.5) is 4.79 Å². The fraction of sp³-hybridized carbons (Fsp3) is 0.900. The maximum atomic E-state index is 11.3. The summed E-state index contributed by atoms with van der Waals surface area (Å²) in [7, 11) is 0. The number of ether oxygens (including phenoxy) is 1. The zero-order chi connectivity index (χ0) is 9.97. The molecular formula is C10H18N2O2. The number of amides is 2. The third-order valence-corrected chi connectivity index (χ3v) is 2.74. The normalized spacial score (nSPS) is 30.6. The summed E-state index contributed by atoms with van der Waals surface area (Å²) in [6.07, 6.45) is 4.57. The Kier molecular flexibility index (Phi) is 2.91. The van der Waals surface area contributed by atoms with E-state index in [9.17, 15) is 4.79 Å². The zero-order valence-corrected chi connectivity index (χ0v) is 8.58. The standard InChI is InChI=1S/C10H18N2O2/c1-2-14-9-5-8(6-9)12-10(13)11-7-3-4-7/h7-9H,2-6H2,1H3,(H2,11,12,13). The number of hydrogen-bond acceptors (Lipinski definition) is 2. The van der Waals surface area contributed by atoms with Gasteiger partial charge in [0.05, 0.1) is 6.10 Å². The summed E-state index contributed by atoms with van der Waals surface area (Å²) in [5.74, 6) is 0. The van der Waals surface area contributed by atoms with E-state index in [1.54, 1.807) is 0 Å². The highest BCUT2D eigenvalue weighted by Gasteiger charge is 2.31. The van der Waals surface area contributed by atoms with Gasteiger partial charge in [-0.2, -0.15) is 0 Å². The Morgan fingerprint density at radius 1 is 1.29 bits per heavy atom. The van der Waals surface area contributed by atoms with E-state index in [4.69, 9.17) is 4.74 Å². The molecule has 0 aromatic carbocycles. The van der Waals surface area contributed by atoms with Crippen LogP contribution in [-0.2, 0) is 4.74 Å². The van der Waals surface area contributed by atoms with Crippen molar-refractivity contribution in [2.24, 2.45) is 0 Å². The topological polar surface area (TPSA) is 50.4 Å². The highest BCUT2D eigenvalue weighted by molar-refractivity contribution is 5.75. The minimum atomic E-state index is -0.00699. The Morgan fingerprint density at radius 2 is 1.93 bits per heavy atom. The molecule has 0 bridgehead atoms. The maximum absolute atomic E-state index is 11.3. The molecule has 0 aromatic heterocycles. The lowest BCUT2D eigenvalue weighted by molar-refractivity contribution is -0.00708. The maximum Gasteiger partial charge on any atom is 0.315 e. The van der Waals surface area contributed by atoms with Crippen LogP contribution in [0.25, 0.3) is 0 Å². The fourth-order valence-electron chi connectivity index (χ4n) is 1.70. The van der Waals surface area contributed by atoms with E-state index < -0.39 is 0 Å². The van der Waals surface area contributed by atoms with Gasteiger partial charge in [0, 0.05) is 18.7 Å². The molecule has 14 heavy (non-hydrogen) atoms. The summed E-state index contributed by atoms with van der Waals surface area (Å²) >= 11 is 0. The van der Waals surface area contributed by atoms with Gasteiger partial charge >= 0.3 is 6.03 Å². The van der Waals surface area contributed by atoms with Crippen LogP contribution in [0.2, 0.25) is 0 Å². The second-order valence-electron chi connectivity index (χ2n) is 4.14. The van der Waals surface area contributed by atoms with Crippen molar-refractivity contribution in [2.45, 2.75) is 50.8 Å². The van der Waals surface area contributed by atoms with Crippen molar-refractivity contribution in [3.8, 4) is 0 Å². The lowest BCUT2D eigenvalue weighted by Crippen LogP contribution is -2.51. The first-order valence-electron chi connectivity index (χ1n) is 5.46. The van der Waals surface area contributed by atoms with Crippen LogP contribution in [0.3, 0.4) is 0 Å². The summed E-state index contributed by atoms with van der Waals surface area (Å²) in [5.41, 5.74) is 0. The Balaban J connectivity index is 1.56. The van der Waals surface area contributed by atoms with Crippen LogP contribution in [0, 0.1) is 0 Å². The SMILES string of the molecule is CCOC1CC(NC(=O)NC2CC2)C1. The fourth-order valence-corrected chi connectivity index (χ4v) is 1.70. The van der Waals surface area contributed by atoms with Gasteiger partial charge in [-0.25, -0.2) is 4.79 Å². The van der Waals surface area contributed by atoms with Crippen molar-refractivity contribution in [3.63, 3.8) is 0 Å². The number of nitrogens with one attached hydrogen (secondary N) is 2. The first kappa shape index (κ1) is 9.77. The third kappa shape index (κ3) is 2.61. The van der Waals surface area contributed by atoms with E-state index in [-0.39, 0.29) is 6.03 Å². The van der Waals surface area contributed by atoms with Crippen LogP contribution in [-0.4, -0.2) is 30.8 Å². The van der Waals surface area contributed by atoms with Crippen molar-refractivity contribution in [3.05, 3.63) is 0 Å². The molecule has 0 aromatic rings. The van der Waals surface area contributed by atoms with Crippen LogP contribution >= 0.6 is 0 Å². The lowest BCUT2D eigenvalue weighted by Gasteiger charge is -2.35. The molecule has 0 aliphatic heterocycles. The van der Waals surface area contributed by atoms with Gasteiger partial charge in [0.1, 0.15) is 0 Å². The quantitative estimate of drug-likeness (QED) is 0.708. The van der Waals surface area contributed by atoms with Crippen LogP contribution in [0.15, 0.2) is 0 Å². The Labute approximate surface area is 84.4 Å². The molecule has 0 heterocycles. The first-order valence-corrected chi connectivity index (χ1v) is 5.46. The van der Waals surface area contributed by atoms with Crippen LogP contribution in [0.5, 0.6) is 0 Å². The Hall–Kier alpha value is -0.770. The van der Waals surface area contributed by atoms with E-state index in [0.717, 1.165) is 32.3 Å². The van der Waals surface area contributed by atoms with E-state index in [1.165, 1.54) is 0 Å². The van der Waals surface area contributed by atoms with Gasteiger partial charge in [-0.3, -0.25) is 0 Å². The predicted octanol–water partition coefficient (Wildman–Crippen LogP) is 1.02. The molecule has 0 radical (unpaired) electrons. The molecule has 4 heteroatoms. The molecular weight excluding hydrogens is 180 g/mol. The summed E-state index contributed by atoms with van der Waals surface area (Å²) < 4.78 is 5.41. The summed E-state index contributed by atoms with van der Waals surface area (Å²) in [6, 6.07) is 0.760. The molecule has 2 saturated carbocycles. The van der Waals surface area contributed by atoms with Crippen molar-refractivity contribution in [1.82, 2.24) is 10.6 Å². The Morgan fingerprint density at radius 3 is 2.50 bits per heavy atom. The van der Waals surface area contributed by atoms with E-state index in [0.29, 0.717) is 18.2 Å². The van der Waals surface area contributed by atoms with Crippen molar-refractivity contribution in [2.75, 3.05) is 6.61 Å². The number of carbonyl (C=O) groups is 1. The van der Waals surface area contributed by atoms with Gasteiger partial charge in [0.15, 0.2) is 0 Å². The average Bonchev–Trinajstić information content (AvgIpc) is 2.84. The second kappa shape index (κ2) is 4.17. The first-order chi connectivity index (χ1) is 6.78. The minimum absolute atomic E-state index is 0.00699. The zero-order valence-electron chi connectivity index (χ0n) is 8.58. The minimum Gasteiger partial charge on any atom is -0.378 e. The van der Waals surface area contributed by atoms with Crippen molar-refractivity contribution < 1.29 is 9.53 Å². The molecule has 0 unspecified atom stereocenters. The van der Waals surface area contributed by atoms with Crippen molar-refractivity contribution >= 4 is 6.03 Å². The molecule has 2 aliphatic rings. The molecule has 2 N–H and O–H groups in total. The monoisotopic (exact) mass is 198 g/mol. The number of urea groups is 1. The predicted molar refractivity (Wildman–Crippen MR) is 53.1 cm³/mol. The van der Waals surface area contributed by atoms with Gasteiger partial charge in [-0.05, 0) is 32.6 Å². The molecule has 4 nitrogen and oxygen atoms in total. The highest BCUT2D eigenvalue weighted by atomic mass is 16.5. The van der Waals surface area contributed by atoms with E-state index in [2.05, 4.69) is 10.6 Å². The van der Waals surface area contributed by atoms with Gasteiger partial charge in [-0.1, -0.05) is 0 Å². The smallest absolute Gasteiger partial charge is 0.315 e. The van der Waals surface area contributed by atoms with Gasteiger partial charge < -0.3 is 15.4 Å². The molecule has 0 saturated heterocycles. The van der Waals surface area contributed by atoms with Crippen LogP contribution < -0.4 is 10.6 Å². The van der Waals surface area contributed by atoms with Gasteiger partial charge in [-0.15, -0.1) is 0 Å². The number of hydrogen-bond donors (Lipinski definition) is 2. The highest BCUT2D eigenvalue weighted by Crippen LogP contribution is 2.23. The van der Waals surface area contributed by atoms with Gasteiger partial charge in [0.25, 0.3) is 0 Å². The summed E-state index contributed by atoms with van der Waals surface area (Å²) in [4.78, 5) is 11.3. The van der Waals surface area contributed by atoms with Gasteiger partial charge in [0.2, 0.25) is 0 Å². The average molecular weight is 198 g/mol. The summed E-state index contributed by atoms with van der Waals surface area (Å²) in [6.45, 7) is 2.77. The second-order valence-corrected chi connectivity index (χ2v) is 4.14.